The topological polar surface area (TPSA) is 50.3 Å². The van der Waals surface area contributed by atoms with Crippen molar-refractivity contribution in [2.45, 2.75) is 38.6 Å². The zero-order valence-electron chi connectivity index (χ0n) is 13.3. The summed E-state index contributed by atoms with van der Waals surface area (Å²) in [5, 5.41) is 3.30. The van der Waals surface area contributed by atoms with E-state index in [9.17, 15) is 0 Å². The summed E-state index contributed by atoms with van der Waals surface area (Å²) >= 11 is 0. The Hall–Kier alpha value is -1.20. The fourth-order valence-corrected chi connectivity index (χ4v) is 2.88. The highest BCUT2D eigenvalue weighted by Crippen LogP contribution is 2.24. The van der Waals surface area contributed by atoms with Crippen molar-refractivity contribution < 1.29 is 4.74 Å². The SMILES string of the molecule is COCCNCc1cnc(N(C)CC2CCCCC2)nc1. The van der Waals surface area contributed by atoms with Gasteiger partial charge in [-0.2, -0.15) is 0 Å². The quantitative estimate of drug-likeness (QED) is 0.745. The van der Waals surface area contributed by atoms with E-state index >= 15 is 0 Å². The number of hydrogen-bond acceptors (Lipinski definition) is 5. The van der Waals surface area contributed by atoms with Crippen LogP contribution in [-0.2, 0) is 11.3 Å². The van der Waals surface area contributed by atoms with Crippen LogP contribution in [-0.4, -0.2) is 43.8 Å². The van der Waals surface area contributed by atoms with Crippen LogP contribution in [0.5, 0.6) is 0 Å². The maximum atomic E-state index is 5.00. The summed E-state index contributed by atoms with van der Waals surface area (Å²) in [6, 6.07) is 0. The molecule has 1 saturated carbocycles. The third kappa shape index (κ3) is 5.59. The van der Waals surface area contributed by atoms with Crippen LogP contribution in [0.4, 0.5) is 5.95 Å². The number of nitrogens with one attached hydrogen (secondary N) is 1. The van der Waals surface area contributed by atoms with E-state index in [1.807, 2.05) is 12.4 Å². The summed E-state index contributed by atoms with van der Waals surface area (Å²) in [6.07, 6.45) is 10.7. The van der Waals surface area contributed by atoms with Gasteiger partial charge in [0.15, 0.2) is 0 Å². The van der Waals surface area contributed by atoms with Crippen LogP contribution in [0.3, 0.4) is 0 Å². The minimum absolute atomic E-state index is 0.725. The van der Waals surface area contributed by atoms with E-state index in [4.69, 9.17) is 4.74 Å². The molecule has 1 fully saturated rings. The minimum atomic E-state index is 0.725. The van der Waals surface area contributed by atoms with Crippen LogP contribution in [0.15, 0.2) is 12.4 Å². The van der Waals surface area contributed by atoms with Crippen LogP contribution in [0.25, 0.3) is 0 Å². The molecule has 0 unspecified atom stereocenters. The van der Waals surface area contributed by atoms with Gasteiger partial charge in [-0.25, -0.2) is 9.97 Å². The van der Waals surface area contributed by atoms with Gasteiger partial charge in [-0.1, -0.05) is 19.3 Å². The van der Waals surface area contributed by atoms with E-state index in [-0.39, 0.29) is 0 Å². The Labute approximate surface area is 128 Å². The molecule has 0 aromatic carbocycles. The molecule has 5 heteroatoms. The van der Waals surface area contributed by atoms with E-state index in [1.54, 1.807) is 7.11 Å². The van der Waals surface area contributed by atoms with Gasteiger partial charge in [0.05, 0.1) is 6.61 Å². The van der Waals surface area contributed by atoms with Gasteiger partial charge in [0.2, 0.25) is 5.95 Å². The highest BCUT2D eigenvalue weighted by Gasteiger charge is 2.16. The number of ether oxygens (including phenoxy) is 1. The predicted molar refractivity (Wildman–Crippen MR) is 85.5 cm³/mol. The smallest absolute Gasteiger partial charge is 0.225 e. The van der Waals surface area contributed by atoms with Crippen LogP contribution in [0, 0.1) is 5.92 Å². The molecule has 118 valence electrons. The maximum Gasteiger partial charge on any atom is 0.225 e. The molecule has 0 radical (unpaired) electrons. The predicted octanol–water partition coefficient (Wildman–Crippen LogP) is 2.23. The van der Waals surface area contributed by atoms with Crippen LogP contribution in [0.1, 0.15) is 37.7 Å². The number of anilines is 1. The van der Waals surface area contributed by atoms with Gasteiger partial charge in [0.1, 0.15) is 0 Å². The summed E-state index contributed by atoms with van der Waals surface area (Å²) in [5.74, 6) is 1.64. The first-order valence-corrected chi connectivity index (χ1v) is 8.01. The molecule has 1 N–H and O–H groups in total. The summed E-state index contributed by atoms with van der Waals surface area (Å²) < 4.78 is 5.00. The Morgan fingerprint density at radius 3 is 2.62 bits per heavy atom. The molecule has 0 amide bonds. The van der Waals surface area contributed by atoms with Crippen LogP contribution < -0.4 is 10.2 Å². The summed E-state index contributed by atoms with van der Waals surface area (Å²) in [6.45, 7) is 3.43. The molecule has 2 rings (SSSR count). The van der Waals surface area contributed by atoms with Gasteiger partial charge in [-0.3, -0.25) is 0 Å². The zero-order valence-corrected chi connectivity index (χ0v) is 13.3. The van der Waals surface area contributed by atoms with Crippen LogP contribution in [0.2, 0.25) is 0 Å². The average Bonchev–Trinajstić information content (AvgIpc) is 2.53. The van der Waals surface area contributed by atoms with E-state index < -0.39 is 0 Å². The molecule has 1 heterocycles. The maximum absolute atomic E-state index is 5.00. The molecule has 1 aromatic heterocycles. The minimum Gasteiger partial charge on any atom is -0.383 e. The summed E-state index contributed by atoms with van der Waals surface area (Å²) in [4.78, 5) is 11.2. The normalized spacial score (nSPS) is 16.1. The Balaban J connectivity index is 1.77. The summed E-state index contributed by atoms with van der Waals surface area (Å²) in [7, 11) is 3.81. The Morgan fingerprint density at radius 1 is 1.24 bits per heavy atom. The second-order valence-corrected chi connectivity index (χ2v) is 5.95. The number of hydrogen-bond donors (Lipinski definition) is 1. The number of aromatic nitrogens is 2. The van der Waals surface area contributed by atoms with Crippen molar-refractivity contribution in [3.05, 3.63) is 18.0 Å². The standard InChI is InChI=1S/C16H28N4O/c1-20(13-14-6-4-3-5-7-14)16-18-11-15(12-19-16)10-17-8-9-21-2/h11-12,14,17H,3-10,13H2,1-2H3. The summed E-state index contributed by atoms with van der Waals surface area (Å²) in [5.41, 5.74) is 1.11. The van der Waals surface area contributed by atoms with Crippen molar-refractivity contribution in [1.29, 1.82) is 0 Å². The van der Waals surface area contributed by atoms with Gasteiger partial charge < -0.3 is 15.0 Å². The van der Waals surface area contributed by atoms with Crippen molar-refractivity contribution >= 4 is 5.95 Å². The lowest BCUT2D eigenvalue weighted by atomic mass is 9.89. The Kier molecular flexibility index (Phi) is 6.89. The largest absolute Gasteiger partial charge is 0.383 e. The Bertz CT molecular complexity index is 390. The van der Waals surface area contributed by atoms with Crippen molar-refractivity contribution in [3.8, 4) is 0 Å². The van der Waals surface area contributed by atoms with Gasteiger partial charge in [-0.15, -0.1) is 0 Å². The molecule has 1 aliphatic rings. The highest BCUT2D eigenvalue weighted by atomic mass is 16.5. The van der Waals surface area contributed by atoms with Crippen LogP contribution >= 0.6 is 0 Å². The van der Waals surface area contributed by atoms with Gasteiger partial charge in [0.25, 0.3) is 0 Å². The average molecular weight is 292 g/mol. The molecule has 1 aliphatic carbocycles. The van der Waals surface area contributed by atoms with Crippen molar-refractivity contribution in [1.82, 2.24) is 15.3 Å². The highest BCUT2D eigenvalue weighted by molar-refractivity contribution is 5.28. The Morgan fingerprint density at radius 2 is 1.95 bits per heavy atom. The molecule has 1 aromatic rings. The monoisotopic (exact) mass is 292 g/mol. The first kappa shape index (κ1) is 16.2. The fraction of sp³-hybridized carbons (Fsp3) is 0.750. The first-order chi connectivity index (χ1) is 10.3. The lowest BCUT2D eigenvalue weighted by Gasteiger charge is -2.27. The lowest BCUT2D eigenvalue weighted by molar-refractivity contribution is 0.199. The number of nitrogens with zero attached hydrogens (tertiary/aromatic N) is 3. The third-order valence-corrected chi connectivity index (χ3v) is 4.10. The number of rotatable bonds is 8. The van der Waals surface area contributed by atoms with Crippen molar-refractivity contribution in [3.63, 3.8) is 0 Å². The zero-order chi connectivity index (χ0) is 14.9. The van der Waals surface area contributed by atoms with E-state index in [0.717, 1.165) is 43.7 Å². The lowest BCUT2D eigenvalue weighted by Crippen LogP contribution is -2.28. The molecular formula is C16H28N4O. The molecule has 0 aliphatic heterocycles. The molecule has 0 bridgehead atoms. The molecule has 0 atom stereocenters. The molecule has 0 saturated heterocycles. The number of methoxy groups -OCH3 is 1. The second-order valence-electron chi connectivity index (χ2n) is 5.95. The van der Waals surface area contributed by atoms with E-state index in [0.29, 0.717) is 0 Å². The first-order valence-electron chi connectivity index (χ1n) is 8.01. The van der Waals surface area contributed by atoms with Crippen molar-refractivity contribution in [2.24, 2.45) is 5.92 Å². The molecular weight excluding hydrogens is 264 g/mol. The second kappa shape index (κ2) is 8.95. The van der Waals surface area contributed by atoms with Gasteiger partial charge >= 0.3 is 0 Å². The third-order valence-electron chi connectivity index (χ3n) is 4.10. The molecule has 21 heavy (non-hydrogen) atoms. The van der Waals surface area contributed by atoms with E-state index in [2.05, 4.69) is 27.2 Å². The molecule has 0 spiro atoms. The van der Waals surface area contributed by atoms with E-state index in [1.165, 1.54) is 32.1 Å². The van der Waals surface area contributed by atoms with Gasteiger partial charge in [0, 0.05) is 51.7 Å². The van der Waals surface area contributed by atoms with Gasteiger partial charge in [-0.05, 0) is 18.8 Å². The molecule has 5 nitrogen and oxygen atoms in total. The fourth-order valence-electron chi connectivity index (χ4n) is 2.88. The van der Waals surface area contributed by atoms with Crippen molar-refractivity contribution in [2.75, 3.05) is 38.8 Å².